The lowest BCUT2D eigenvalue weighted by Gasteiger charge is -2.05. The Morgan fingerprint density at radius 3 is 2.50 bits per heavy atom. The maximum absolute atomic E-state index is 12.6. The molecule has 0 bridgehead atoms. The van der Waals surface area contributed by atoms with Crippen LogP contribution in [0.4, 0.5) is 13.2 Å². The molecular weight excluding hydrogens is 205 g/mol. The molecule has 0 unspecified atom stereocenters. The van der Waals surface area contributed by atoms with Crippen molar-refractivity contribution in [3.8, 4) is 0 Å². The number of nitrogens with one attached hydrogen (secondary N) is 1. The largest absolute Gasteiger partial charge is 0.540 e. The van der Waals surface area contributed by atoms with Gasteiger partial charge >= 0.3 is 6.05 Å². The first kappa shape index (κ1) is 10.2. The molecule has 0 aliphatic carbocycles. The van der Waals surface area contributed by atoms with Crippen molar-refractivity contribution < 1.29 is 18.1 Å². The fourth-order valence-corrected chi connectivity index (χ4v) is 0.735. The molecule has 8 heteroatoms. The van der Waals surface area contributed by atoms with Crippen molar-refractivity contribution in [1.82, 2.24) is 4.98 Å². The predicted octanol–water partition coefficient (Wildman–Crippen LogP) is 0.840. The lowest BCUT2D eigenvalue weighted by Crippen LogP contribution is -2.26. The molecule has 1 aromatic rings. The lowest BCUT2D eigenvalue weighted by molar-refractivity contribution is -0.656. The first-order valence-electron chi connectivity index (χ1n) is 3.26. The van der Waals surface area contributed by atoms with Crippen LogP contribution in [0.5, 0.6) is 0 Å². The average molecular weight is 208 g/mol. The summed E-state index contributed by atoms with van der Waals surface area (Å²) < 4.78 is 37.7. The molecule has 0 saturated heterocycles. The molecule has 0 aliphatic rings. The summed E-state index contributed by atoms with van der Waals surface area (Å²) in [4.78, 5) is 20.0. The van der Waals surface area contributed by atoms with Gasteiger partial charge in [0.2, 0.25) is 0 Å². The first-order chi connectivity index (χ1) is 6.35. The molecule has 1 aromatic heterocycles. The second-order valence-electron chi connectivity index (χ2n) is 2.36. The SMILES string of the molecule is O=c1[nH]cc(C(F)(F)[N+](=O)[O-])cc1F. The molecule has 14 heavy (non-hydrogen) atoms. The molecule has 1 rings (SSSR count). The fraction of sp³-hybridized carbons (Fsp3) is 0.167. The van der Waals surface area contributed by atoms with Crippen molar-refractivity contribution in [3.63, 3.8) is 0 Å². The van der Waals surface area contributed by atoms with E-state index in [1.165, 1.54) is 0 Å². The Morgan fingerprint density at radius 1 is 1.50 bits per heavy atom. The highest BCUT2D eigenvalue weighted by Crippen LogP contribution is 2.27. The van der Waals surface area contributed by atoms with Gasteiger partial charge in [-0.3, -0.25) is 14.9 Å². The Kier molecular flexibility index (Phi) is 2.28. The van der Waals surface area contributed by atoms with Gasteiger partial charge < -0.3 is 4.98 Å². The van der Waals surface area contributed by atoms with Crippen molar-refractivity contribution in [2.24, 2.45) is 0 Å². The van der Waals surface area contributed by atoms with E-state index in [1.807, 2.05) is 0 Å². The van der Waals surface area contributed by atoms with Crippen molar-refractivity contribution in [3.05, 3.63) is 44.1 Å². The van der Waals surface area contributed by atoms with Gasteiger partial charge in [-0.1, -0.05) is 0 Å². The first-order valence-corrected chi connectivity index (χ1v) is 3.26. The minimum atomic E-state index is -4.41. The predicted molar refractivity (Wildman–Crippen MR) is 37.9 cm³/mol. The third-order valence-electron chi connectivity index (χ3n) is 1.43. The van der Waals surface area contributed by atoms with E-state index in [1.54, 1.807) is 4.98 Å². The molecule has 5 nitrogen and oxygen atoms in total. The summed E-state index contributed by atoms with van der Waals surface area (Å²) in [5.41, 5.74) is -2.42. The Bertz CT molecular complexity index is 429. The highest BCUT2D eigenvalue weighted by Gasteiger charge is 2.46. The zero-order valence-electron chi connectivity index (χ0n) is 6.46. The van der Waals surface area contributed by atoms with Crippen LogP contribution in [0.15, 0.2) is 17.1 Å². The fourth-order valence-electron chi connectivity index (χ4n) is 0.735. The van der Waals surface area contributed by atoms with E-state index in [9.17, 15) is 28.1 Å². The number of nitrogens with zero attached hydrogens (tertiary/aromatic N) is 1. The van der Waals surface area contributed by atoms with Gasteiger partial charge in [0.1, 0.15) is 10.5 Å². The van der Waals surface area contributed by atoms with Crippen LogP contribution >= 0.6 is 0 Å². The van der Waals surface area contributed by atoms with Crippen LogP contribution in [0.3, 0.4) is 0 Å². The number of pyridine rings is 1. The van der Waals surface area contributed by atoms with Crippen molar-refractivity contribution >= 4 is 0 Å². The summed E-state index contributed by atoms with van der Waals surface area (Å²) in [6.07, 6.45) is 0.397. The number of aromatic nitrogens is 1. The summed E-state index contributed by atoms with van der Waals surface area (Å²) in [7, 11) is 0. The molecular formula is C6H3F3N2O3. The van der Waals surface area contributed by atoms with Crippen molar-refractivity contribution in [2.75, 3.05) is 0 Å². The van der Waals surface area contributed by atoms with Gasteiger partial charge in [0.05, 0.1) is 0 Å². The van der Waals surface area contributed by atoms with Gasteiger partial charge in [-0.15, -0.1) is 8.78 Å². The van der Waals surface area contributed by atoms with Crippen LogP contribution < -0.4 is 5.56 Å². The standard InChI is InChI=1S/C6H3F3N2O3/c7-4-1-3(2-10-5(4)12)6(8,9)11(13)14/h1-2H,(H,10,12). The van der Waals surface area contributed by atoms with Crippen LogP contribution in [0.1, 0.15) is 5.56 Å². The van der Waals surface area contributed by atoms with Gasteiger partial charge in [0.15, 0.2) is 5.82 Å². The molecule has 0 amide bonds. The third kappa shape index (κ3) is 1.58. The molecule has 0 aromatic carbocycles. The van der Waals surface area contributed by atoms with Gasteiger partial charge in [-0.25, -0.2) is 4.39 Å². The van der Waals surface area contributed by atoms with Crippen molar-refractivity contribution in [2.45, 2.75) is 6.05 Å². The summed E-state index contributed by atoms with van der Waals surface area (Å²) in [6.45, 7) is 0. The monoisotopic (exact) mass is 208 g/mol. The van der Waals surface area contributed by atoms with Crippen LogP contribution in [0, 0.1) is 15.9 Å². The van der Waals surface area contributed by atoms with E-state index in [0.29, 0.717) is 6.20 Å². The highest BCUT2D eigenvalue weighted by atomic mass is 19.3. The number of aromatic amines is 1. The average Bonchev–Trinajstić information content (AvgIpc) is 2.09. The molecule has 0 aliphatic heterocycles. The molecule has 1 N–H and O–H groups in total. The second-order valence-corrected chi connectivity index (χ2v) is 2.36. The molecule has 0 fully saturated rings. The van der Waals surface area contributed by atoms with Crippen LogP contribution in [0.25, 0.3) is 0 Å². The summed E-state index contributed by atoms with van der Waals surface area (Å²) >= 11 is 0. The Balaban J connectivity index is 3.27. The second kappa shape index (κ2) is 3.13. The minimum Gasteiger partial charge on any atom is -0.326 e. The smallest absolute Gasteiger partial charge is 0.326 e. The Labute approximate surface area is 74.3 Å². The van der Waals surface area contributed by atoms with Gasteiger partial charge in [0.25, 0.3) is 5.56 Å². The lowest BCUT2D eigenvalue weighted by atomic mass is 10.2. The quantitative estimate of drug-likeness (QED) is 0.444. The van der Waals surface area contributed by atoms with E-state index in [0.717, 1.165) is 0 Å². The molecule has 0 spiro atoms. The third-order valence-corrected chi connectivity index (χ3v) is 1.43. The number of halogens is 3. The van der Waals surface area contributed by atoms with E-state index in [4.69, 9.17) is 0 Å². The molecule has 0 radical (unpaired) electrons. The van der Waals surface area contributed by atoms with E-state index in [2.05, 4.69) is 0 Å². The number of hydrogen-bond donors (Lipinski definition) is 1. The highest BCUT2D eigenvalue weighted by molar-refractivity contribution is 5.13. The van der Waals surface area contributed by atoms with Gasteiger partial charge in [-0.05, 0) is 6.07 Å². The summed E-state index contributed by atoms with van der Waals surface area (Å²) in [6, 6.07) is -4.29. The molecule has 76 valence electrons. The van der Waals surface area contributed by atoms with E-state index < -0.39 is 27.9 Å². The molecule has 0 saturated carbocycles. The van der Waals surface area contributed by atoms with Crippen LogP contribution in [-0.4, -0.2) is 9.91 Å². The van der Waals surface area contributed by atoms with Crippen LogP contribution in [-0.2, 0) is 6.05 Å². The van der Waals surface area contributed by atoms with Crippen LogP contribution in [0.2, 0.25) is 0 Å². The zero-order chi connectivity index (χ0) is 10.9. The maximum Gasteiger partial charge on any atom is 0.540 e. The number of H-pyrrole nitrogens is 1. The number of rotatable bonds is 2. The molecule has 0 atom stereocenters. The maximum atomic E-state index is 12.6. The molecule has 1 heterocycles. The van der Waals surface area contributed by atoms with Crippen molar-refractivity contribution in [1.29, 1.82) is 0 Å². The topological polar surface area (TPSA) is 76.0 Å². The van der Waals surface area contributed by atoms with Gasteiger partial charge in [0, 0.05) is 6.20 Å². The van der Waals surface area contributed by atoms with Gasteiger partial charge in [-0.2, -0.15) is 0 Å². The number of alkyl halides is 2. The van der Waals surface area contributed by atoms with E-state index in [-0.39, 0.29) is 6.07 Å². The normalized spacial score (nSPS) is 11.4. The summed E-state index contributed by atoms with van der Waals surface area (Å²) in [5.74, 6) is -1.50. The Morgan fingerprint density at radius 2 is 2.07 bits per heavy atom. The van der Waals surface area contributed by atoms with E-state index >= 15 is 0 Å². The number of hydrogen-bond acceptors (Lipinski definition) is 3. The number of nitro groups is 1. The zero-order valence-corrected chi connectivity index (χ0v) is 6.46. The minimum absolute atomic E-state index is 0.127. The Hall–Kier alpha value is -1.86. The summed E-state index contributed by atoms with van der Waals surface area (Å²) in [5, 5.41) is 9.86.